The molecule has 0 heterocycles. The summed E-state index contributed by atoms with van der Waals surface area (Å²) in [5.41, 5.74) is 22.6. The van der Waals surface area contributed by atoms with Gasteiger partial charge in [0.15, 0.2) is 0 Å². The van der Waals surface area contributed by atoms with Crippen molar-refractivity contribution in [3.8, 4) is 0 Å². The average molecular weight is 569 g/mol. The van der Waals surface area contributed by atoms with Gasteiger partial charge in [0.05, 0.1) is 6.54 Å². The number of rotatable bonds is 18. The van der Waals surface area contributed by atoms with Crippen LogP contribution in [0, 0.1) is 0 Å². The number of hydrogen-bond donors (Lipinski definition) is 9. The summed E-state index contributed by atoms with van der Waals surface area (Å²) in [5.74, 6) is -2.90. The SMILES string of the molecule is CS.NCCCCC(NC(=O)CNC(=O)[C@H](CCCCN)NC(=O)C(N)CNC(=O)c1ccccc1)C(N)=O. The summed E-state index contributed by atoms with van der Waals surface area (Å²) in [5, 5.41) is 10.1. The molecule has 12 N–H and O–H groups in total. The Morgan fingerprint density at radius 3 is 1.90 bits per heavy atom. The third-order valence-electron chi connectivity index (χ3n) is 5.48. The summed E-state index contributed by atoms with van der Waals surface area (Å²) in [6.45, 7) is 0.309. The van der Waals surface area contributed by atoms with Gasteiger partial charge < -0.3 is 44.2 Å². The number of amides is 5. The van der Waals surface area contributed by atoms with Crippen molar-refractivity contribution in [2.24, 2.45) is 22.9 Å². The highest BCUT2D eigenvalue weighted by molar-refractivity contribution is 7.79. The standard InChI is InChI=1S/C24H40N8O5.CH4S/c25-12-6-4-10-18(21(28)34)31-20(33)15-30-24(37)19(11-5-7-13-26)32-23(36)17(27)14-29-22(35)16-8-2-1-3-9-16;1-2/h1-3,8-9,17-19H,4-7,10-15,25-27H2,(H2,28,34)(H,29,35)(H,30,37)(H,31,33)(H,32,36);2H,1H3/t17?,18?,19-;/m0./s1. The normalized spacial score (nSPS) is 12.5. The van der Waals surface area contributed by atoms with Gasteiger partial charge in [-0.25, -0.2) is 0 Å². The Morgan fingerprint density at radius 1 is 0.795 bits per heavy atom. The smallest absolute Gasteiger partial charge is 0.251 e. The van der Waals surface area contributed by atoms with Crippen LogP contribution in [-0.2, 0) is 19.2 Å². The molecule has 5 amide bonds. The highest BCUT2D eigenvalue weighted by Crippen LogP contribution is 2.03. The number of nitrogens with two attached hydrogens (primary N) is 4. The molecule has 13 nitrogen and oxygen atoms in total. The minimum absolute atomic E-state index is 0.141. The molecule has 2 unspecified atom stereocenters. The van der Waals surface area contributed by atoms with Crippen LogP contribution in [0.1, 0.15) is 48.9 Å². The molecule has 0 radical (unpaired) electrons. The van der Waals surface area contributed by atoms with E-state index in [1.807, 2.05) is 0 Å². The van der Waals surface area contributed by atoms with Crippen LogP contribution < -0.4 is 44.2 Å². The molecule has 0 aliphatic carbocycles. The quantitative estimate of drug-likeness (QED) is 0.0715. The average Bonchev–Trinajstić information content (AvgIpc) is 2.94. The van der Waals surface area contributed by atoms with E-state index in [-0.39, 0.29) is 18.9 Å². The van der Waals surface area contributed by atoms with Gasteiger partial charge in [-0.2, -0.15) is 12.6 Å². The second-order valence-electron chi connectivity index (χ2n) is 8.55. The summed E-state index contributed by atoms with van der Waals surface area (Å²) in [7, 11) is 0. The van der Waals surface area contributed by atoms with E-state index in [2.05, 4.69) is 33.9 Å². The Morgan fingerprint density at radius 2 is 1.36 bits per heavy atom. The van der Waals surface area contributed by atoms with Crippen molar-refractivity contribution >= 4 is 42.2 Å². The maximum Gasteiger partial charge on any atom is 0.251 e. The molecule has 3 atom stereocenters. The fourth-order valence-corrected chi connectivity index (χ4v) is 3.34. The Bertz CT molecular complexity index is 890. The van der Waals surface area contributed by atoms with E-state index < -0.39 is 48.3 Å². The number of carbonyl (C=O) groups is 5. The largest absolute Gasteiger partial charge is 0.368 e. The molecule has 1 rings (SSSR count). The van der Waals surface area contributed by atoms with E-state index in [4.69, 9.17) is 22.9 Å². The highest BCUT2D eigenvalue weighted by Gasteiger charge is 2.25. The minimum atomic E-state index is -1.11. The number of carbonyl (C=O) groups excluding carboxylic acids is 5. The topological polar surface area (TPSA) is 238 Å². The lowest BCUT2D eigenvalue weighted by Crippen LogP contribution is -2.55. The first-order valence-electron chi connectivity index (χ1n) is 12.8. The summed E-state index contributed by atoms with van der Waals surface area (Å²) in [4.78, 5) is 61.3. The van der Waals surface area contributed by atoms with Gasteiger partial charge in [-0.1, -0.05) is 18.2 Å². The van der Waals surface area contributed by atoms with Crippen molar-refractivity contribution in [3.63, 3.8) is 0 Å². The molecule has 0 saturated heterocycles. The molecule has 14 heteroatoms. The molecule has 220 valence electrons. The maximum absolute atomic E-state index is 12.7. The Labute approximate surface area is 235 Å². The van der Waals surface area contributed by atoms with Crippen molar-refractivity contribution in [1.29, 1.82) is 0 Å². The number of hydrogen-bond acceptors (Lipinski definition) is 9. The molecule has 0 fully saturated rings. The lowest BCUT2D eigenvalue weighted by Gasteiger charge is -2.21. The molecule has 1 aromatic carbocycles. The third kappa shape index (κ3) is 15.7. The second-order valence-corrected chi connectivity index (χ2v) is 8.55. The van der Waals surface area contributed by atoms with Crippen LogP contribution >= 0.6 is 12.6 Å². The van der Waals surface area contributed by atoms with Gasteiger partial charge in [0.25, 0.3) is 5.91 Å². The van der Waals surface area contributed by atoms with Gasteiger partial charge in [-0.05, 0) is 70.0 Å². The van der Waals surface area contributed by atoms with Gasteiger partial charge in [0.2, 0.25) is 23.6 Å². The van der Waals surface area contributed by atoms with Crippen molar-refractivity contribution in [2.45, 2.75) is 56.7 Å². The van der Waals surface area contributed by atoms with Crippen LogP contribution in [0.3, 0.4) is 0 Å². The van der Waals surface area contributed by atoms with Gasteiger partial charge in [0.1, 0.15) is 18.1 Å². The second kappa shape index (κ2) is 21.7. The van der Waals surface area contributed by atoms with E-state index in [9.17, 15) is 24.0 Å². The van der Waals surface area contributed by atoms with E-state index in [1.54, 1.807) is 36.6 Å². The molecule has 0 saturated carbocycles. The molecule has 0 spiro atoms. The van der Waals surface area contributed by atoms with Gasteiger partial charge in [-0.3, -0.25) is 24.0 Å². The molecular weight excluding hydrogens is 524 g/mol. The van der Waals surface area contributed by atoms with Crippen molar-refractivity contribution < 1.29 is 24.0 Å². The number of nitrogens with one attached hydrogen (secondary N) is 4. The first-order chi connectivity index (χ1) is 18.7. The molecule has 39 heavy (non-hydrogen) atoms. The van der Waals surface area contributed by atoms with Crippen LogP contribution in [0.25, 0.3) is 0 Å². The van der Waals surface area contributed by atoms with E-state index >= 15 is 0 Å². The van der Waals surface area contributed by atoms with Crippen molar-refractivity contribution in [2.75, 3.05) is 32.4 Å². The summed E-state index contributed by atoms with van der Waals surface area (Å²) < 4.78 is 0. The van der Waals surface area contributed by atoms with Gasteiger partial charge in [0, 0.05) is 12.1 Å². The zero-order chi connectivity index (χ0) is 29.6. The van der Waals surface area contributed by atoms with E-state index in [0.717, 1.165) is 0 Å². The summed E-state index contributed by atoms with van der Waals surface area (Å²) in [6.07, 6.45) is 4.76. The fourth-order valence-electron chi connectivity index (χ4n) is 3.34. The van der Waals surface area contributed by atoms with E-state index in [1.165, 1.54) is 0 Å². The van der Waals surface area contributed by atoms with Crippen LogP contribution in [0.2, 0.25) is 0 Å². The number of unbranched alkanes of at least 4 members (excludes halogenated alkanes) is 2. The summed E-state index contributed by atoms with van der Waals surface area (Å²) >= 11 is 3.53. The minimum Gasteiger partial charge on any atom is -0.368 e. The predicted octanol–water partition coefficient (Wildman–Crippen LogP) is -1.88. The lowest BCUT2D eigenvalue weighted by molar-refractivity contribution is -0.131. The first kappa shape index (κ1) is 35.8. The Kier molecular flexibility index (Phi) is 19.9. The fraction of sp³-hybridized carbons (Fsp3) is 0.560. The van der Waals surface area contributed by atoms with Gasteiger partial charge >= 0.3 is 0 Å². The molecular formula is C25H44N8O5S. The Hall–Kier alpha value is -3.20. The van der Waals surface area contributed by atoms with Crippen molar-refractivity contribution in [1.82, 2.24) is 21.3 Å². The van der Waals surface area contributed by atoms with Crippen LogP contribution in [0.5, 0.6) is 0 Å². The Balaban J connectivity index is 0.00000704. The van der Waals surface area contributed by atoms with Crippen LogP contribution in [0.15, 0.2) is 30.3 Å². The maximum atomic E-state index is 12.7. The molecule has 0 aliphatic heterocycles. The third-order valence-corrected chi connectivity index (χ3v) is 5.48. The van der Waals surface area contributed by atoms with Gasteiger partial charge in [-0.15, -0.1) is 0 Å². The summed E-state index contributed by atoms with van der Waals surface area (Å²) in [6, 6.07) is 5.49. The molecule has 0 bridgehead atoms. The molecule has 0 aliphatic rings. The number of benzene rings is 1. The zero-order valence-electron chi connectivity index (χ0n) is 22.5. The van der Waals surface area contributed by atoms with E-state index in [0.29, 0.717) is 50.8 Å². The molecule has 1 aromatic rings. The monoisotopic (exact) mass is 568 g/mol. The highest BCUT2D eigenvalue weighted by atomic mass is 32.1. The number of primary amides is 1. The zero-order valence-corrected chi connectivity index (χ0v) is 23.4. The van der Waals surface area contributed by atoms with Crippen molar-refractivity contribution in [3.05, 3.63) is 35.9 Å². The first-order valence-corrected chi connectivity index (χ1v) is 13.7. The van der Waals surface area contributed by atoms with Crippen LogP contribution in [-0.4, -0.2) is 80.1 Å². The number of thiol groups is 1. The lowest BCUT2D eigenvalue weighted by atomic mass is 10.1. The van der Waals surface area contributed by atoms with Crippen LogP contribution in [0.4, 0.5) is 0 Å². The molecule has 0 aromatic heterocycles. The predicted molar refractivity (Wildman–Crippen MR) is 154 cm³/mol.